The van der Waals surface area contributed by atoms with Crippen molar-refractivity contribution < 1.29 is 24.2 Å². The van der Waals surface area contributed by atoms with E-state index < -0.39 is 11.7 Å². The van der Waals surface area contributed by atoms with Crippen molar-refractivity contribution in [1.82, 2.24) is 4.90 Å². The lowest BCUT2D eigenvalue weighted by atomic mass is 9.91. The molecule has 1 atom stereocenters. The van der Waals surface area contributed by atoms with Gasteiger partial charge in [0, 0.05) is 32.3 Å². The maximum absolute atomic E-state index is 14.1. The molecule has 196 valence electrons. The number of fused-ring (bicyclic) bond motifs is 1. The number of Topliss-reactive ketones (excluding diaryl/α,β-unsaturated/α-hetero) is 1. The summed E-state index contributed by atoms with van der Waals surface area (Å²) in [4.78, 5) is 40.0. The normalized spacial score (nSPS) is 19.4. The molecule has 0 aromatic heterocycles. The number of halogens is 2. The van der Waals surface area contributed by atoms with Crippen LogP contribution in [0.4, 0.5) is 0 Å². The molecule has 0 saturated heterocycles. The van der Waals surface area contributed by atoms with Crippen LogP contribution in [0.1, 0.15) is 80.9 Å². The van der Waals surface area contributed by atoms with Crippen LogP contribution >= 0.6 is 23.2 Å². The third kappa shape index (κ3) is 4.51. The minimum Gasteiger partial charge on any atom is -0.478 e. The summed E-state index contributed by atoms with van der Waals surface area (Å²) in [5.41, 5.74) is 1.13. The molecule has 1 aliphatic heterocycles. The number of aromatic carboxylic acids is 1. The van der Waals surface area contributed by atoms with E-state index in [-0.39, 0.29) is 34.2 Å². The summed E-state index contributed by atoms with van der Waals surface area (Å²) in [7, 11) is 0. The highest BCUT2D eigenvalue weighted by Crippen LogP contribution is 2.53. The zero-order valence-electron chi connectivity index (χ0n) is 21.1. The lowest BCUT2D eigenvalue weighted by Crippen LogP contribution is -2.47. The van der Waals surface area contributed by atoms with Crippen molar-refractivity contribution in [3.63, 3.8) is 0 Å². The molecule has 0 radical (unpaired) electrons. The van der Waals surface area contributed by atoms with Gasteiger partial charge in [-0.3, -0.25) is 14.5 Å². The number of carboxylic acid groups (broad SMARTS) is 1. The highest BCUT2D eigenvalue weighted by atomic mass is 35.5. The number of carboxylic acids is 1. The van der Waals surface area contributed by atoms with Crippen molar-refractivity contribution in [2.45, 2.75) is 45.4 Å². The number of nitrogens with zero attached hydrogens (tertiary/aromatic N) is 1. The fraction of sp³-hybridized carbons (Fsp3) is 0.300. The highest BCUT2D eigenvalue weighted by Gasteiger charge is 2.54. The summed E-state index contributed by atoms with van der Waals surface area (Å²) >= 11 is 12.3. The molecular formula is C30H27Cl2NO5. The van der Waals surface area contributed by atoms with Crippen LogP contribution in [0, 0.1) is 5.41 Å². The molecule has 2 aliphatic rings. The molecule has 8 heteroatoms. The lowest BCUT2D eigenvalue weighted by Gasteiger charge is -2.40. The molecule has 38 heavy (non-hydrogen) atoms. The Kier molecular flexibility index (Phi) is 6.84. The van der Waals surface area contributed by atoms with E-state index in [0.717, 1.165) is 19.3 Å². The van der Waals surface area contributed by atoms with E-state index in [4.69, 9.17) is 27.9 Å². The molecule has 1 unspecified atom stereocenters. The Hall–Kier alpha value is -3.19. The molecule has 3 aromatic carbocycles. The van der Waals surface area contributed by atoms with Crippen LogP contribution in [0.2, 0.25) is 10.0 Å². The van der Waals surface area contributed by atoms with E-state index in [0.29, 0.717) is 39.4 Å². The van der Waals surface area contributed by atoms with Gasteiger partial charge in [0.2, 0.25) is 0 Å². The standard InChI is InChI=1S/C30H27Cl2NO5/c1-3-29(12-13-29)17-38-30(21-6-9-22(31)10-7-21)26-11-5-19(18(2)34)14-25(26)27(35)33(30)16-20-4-8-23(32)15-24(20)28(36)37/h4-11,14-15H,3,12-13,16-17H2,1-2H3,(H,36,37). The minimum absolute atomic E-state index is 0.00269. The average molecular weight is 552 g/mol. The van der Waals surface area contributed by atoms with Crippen LogP contribution in [-0.4, -0.2) is 34.3 Å². The third-order valence-electron chi connectivity index (χ3n) is 7.81. The molecule has 6 nitrogen and oxygen atoms in total. The number of amides is 1. The van der Waals surface area contributed by atoms with Crippen LogP contribution in [0.15, 0.2) is 60.7 Å². The summed E-state index contributed by atoms with van der Waals surface area (Å²) in [6.45, 7) is 3.94. The monoisotopic (exact) mass is 551 g/mol. The van der Waals surface area contributed by atoms with Crippen molar-refractivity contribution in [2.24, 2.45) is 5.41 Å². The molecule has 3 aromatic rings. The van der Waals surface area contributed by atoms with Crippen LogP contribution < -0.4 is 0 Å². The smallest absolute Gasteiger partial charge is 0.336 e. The van der Waals surface area contributed by atoms with E-state index in [1.165, 1.54) is 13.0 Å². The fourth-order valence-electron chi connectivity index (χ4n) is 5.17. The van der Waals surface area contributed by atoms with E-state index >= 15 is 0 Å². The summed E-state index contributed by atoms with van der Waals surface area (Å²) in [6.07, 6.45) is 3.00. The summed E-state index contributed by atoms with van der Waals surface area (Å²) in [5, 5.41) is 10.7. The lowest BCUT2D eigenvalue weighted by molar-refractivity contribution is -0.125. The first-order valence-corrected chi connectivity index (χ1v) is 13.2. The molecule has 1 N–H and O–H groups in total. The average Bonchev–Trinajstić information content (AvgIpc) is 3.65. The van der Waals surface area contributed by atoms with Gasteiger partial charge in [0.15, 0.2) is 11.5 Å². The van der Waals surface area contributed by atoms with Gasteiger partial charge < -0.3 is 9.84 Å². The largest absolute Gasteiger partial charge is 0.478 e. The molecular weight excluding hydrogens is 525 g/mol. The number of hydrogen-bond donors (Lipinski definition) is 1. The Morgan fingerprint density at radius 1 is 1.00 bits per heavy atom. The van der Waals surface area contributed by atoms with E-state index in [2.05, 4.69) is 6.92 Å². The van der Waals surface area contributed by atoms with Crippen LogP contribution in [0.3, 0.4) is 0 Å². The van der Waals surface area contributed by atoms with Crippen LogP contribution in [-0.2, 0) is 17.0 Å². The minimum atomic E-state index is -1.35. The van der Waals surface area contributed by atoms with Crippen molar-refractivity contribution in [3.8, 4) is 0 Å². The van der Waals surface area contributed by atoms with Gasteiger partial charge in [-0.15, -0.1) is 0 Å². The topological polar surface area (TPSA) is 83.9 Å². The second-order valence-corrected chi connectivity index (χ2v) is 11.0. The SMILES string of the molecule is CCC1(COC2(c3ccc(Cl)cc3)c3ccc(C(C)=O)cc3C(=O)N2Cc2ccc(Cl)cc2C(=O)O)CC1. The number of rotatable bonds is 9. The number of hydrogen-bond acceptors (Lipinski definition) is 4. The number of carbonyl (C=O) groups is 3. The molecule has 1 heterocycles. The fourth-order valence-corrected chi connectivity index (χ4v) is 5.47. The summed E-state index contributed by atoms with van der Waals surface area (Å²) < 4.78 is 6.84. The molecule has 1 fully saturated rings. The second-order valence-electron chi connectivity index (χ2n) is 10.1. The van der Waals surface area contributed by atoms with Crippen LogP contribution in [0.25, 0.3) is 0 Å². The van der Waals surface area contributed by atoms with Gasteiger partial charge >= 0.3 is 5.97 Å². The Balaban J connectivity index is 1.73. The summed E-state index contributed by atoms with van der Waals surface area (Å²) in [6, 6.07) is 16.8. The third-order valence-corrected chi connectivity index (χ3v) is 8.29. The number of benzene rings is 3. The highest BCUT2D eigenvalue weighted by molar-refractivity contribution is 6.31. The van der Waals surface area contributed by atoms with Gasteiger partial charge in [-0.05, 0) is 67.5 Å². The predicted octanol–water partition coefficient (Wildman–Crippen LogP) is 6.96. The zero-order valence-corrected chi connectivity index (χ0v) is 22.6. The quantitative estimate of drug-likeness (QED) is 0.290. The van der Waals surface area contributed by atoms with E-state index in [1.807, 2.05) is 12.1 Å². The van der Waals surface area contributed by atoms with Gasteiger partial charge in [-0.2, -0.15) is 0 Å². The molecule has 1 saturated carbocycles. The van der Waals surface area contributed by atoms with Crippen molar-refractivity contribution in [2.75, 3.05) is 6.61 Å². The number of ketones is 1. The Bertz CT molecular complexity index is 1450. The van der Waals surface area contributed by atoms with Crippen molar-refractivity contribution in [3.05, 3.63) is 104 Å². The molecule has 0 bridgehead atoms. The molecule has 0 spiro atoms. The maximum atomic E-state index is 14.1. The van der Waals surface area contributed by atoms with E-state index in [1.54, 1.807) is 47.4 Å². The van der Waals surface area contributed by atoms with Gasteiger partial charge in [0.05, 0.1) is 18.7 Å². The number of ether oxygens (including phenoxy) is 1. The van der Waals surface area contributed by atoms with Gasteiger partial charge in [0.25, 0.3) is 5.91 Å². The first kappa shape index (κ1) is 26.4. The van der Waals surface area contributed by atoms with Crippen LogP contribution in [0.5, 0.6) is 0 Å². The number of carbonyl (C=O) groups excluding carboxylic acids is 2. The maximum Gasteiger partial charge on any atom is 0.336 e. The van der Waals surface area contributed by atoms with Crippen molar-refractivity contribution >= 4 is 40.9 Å². The first-order valence-electron chi connectivity index (χ1n) is 12.5. The van der Waals surface area contributed by atoms with Gasteiger partial charge in [-0.1, -0.05) is 60.5 Å². The Morgan fingerprint density at radius 3 is 2.29 bits per heavy atom. The molecule has 1 amide bonds. The van der Waals surface area contributed by atoms with Gasteiger partial charge in [0.1, 0.15) is 0 Å². The zero-order chi connectivity index (χ0) is 27.2. The molecule has 1 aliphatic carbocycles. The van der Waals surface area contributed by atoms with Gasteiger partial charge in [-0.25, -0.2) is 4.79 Å². The second kappa shape index (κ2) is 9.84. The summed E-state index contributed by atoms with van der Waals surface area (Å²) in [5.74, 6) is -1.66. The first-order chi connectivity index (χ1) is 18.1. The van der Waals surface area contributed by atoms with E-state index in [9.17, 15) is 19.5 Å². The predicted molar refractivity (Wildman–Crippen MR) is 145 cm³/mol. The Morgan fingerprint density at radius 2 is 1.68 bits per heavy atom. The van der Waals surface area contributed by atoms with Crippen molar-refractivity contribution in [1.29, 1.82) is 0 Å². The Labute approximate surface area is 231 Å². The molecule has 5 rings (SSSR count).